The average Bonchev–Trinajstić information content (AvgIpc) is 3.57. The third-order valence-electron chi connectivity index (χ3n) is 10.7. The van der Waals surface area contributed by atoms with Gasteiger partial charge >= 0.3 is 0 Å². The Morgan fingerprint density at radius 3 is 1.79 bits per heavy atom. The fourth-order valence-electron chi connectivity index (χ4n) is 8.91. The van der Waals surface area contributed by atoms with Crippen LogP contribution >= 0.6 is 0 Å². The van der Waals surface area contributed by atoms with E-state index in [0.717, 1.165) is 13.0 Å². The number of fused-ring (bicyclic) bond motifs is 6. The normalized spacial score (nSPS) is 12.1. The zero-order valence-electron chi connectivity index (χ0n) is 28.8. The highest BCUT2D eigenvalue weighted by atomic mass is 15.0. The molecule has 0 saturated heterocycles. The Morgan fingerprint density at radius 1 is 0.532 bits per heavy atom. The maximum Gasteiger partial charge on any atom is 0.242 e. The number of hydrogen-bond acceptors (Lipinski definition) is 0. The molecule has 0 aliphatic heterocycles. The predicted octanol–water partition coefficient (Wildman–Crippen LogP) is 9.42. The van der Waals surface area contributed by atoms with E-state index in [1.54, 1.807) is 0 Å². The third kappa shape index (κ3) is 4.77. The van der Waals surface area contributed by atoms with Gasteiger partial charge in [0.25, 0.3) is 0 Å². The smallest absolute Gasteiger partial charge is 0.242 e. The molecule has 0 radical (unpaired) electrons. The second kappa shape index (κ2) is 11.2. The Labute approximate surface area is 280 Å². The van der Waals surface area contributed by atoms with Crippen molar-refractivity contribution < 1.29 is 0 Å². The van der Waals surface area contributed by atoms with Crippen molar-refractivity contribution in [3.63, 3.8) is 0 Å². The molecule has 2 heteroatoms. The van der Waals surface area contributed by atoms with Crippen LogP contribution < -0.4 is 16.4 Å². The summed E-state index contributed by atoms with van der Waals surface area (Å²) in [6.07, 6.45) is 0.978. The number of aromatic nitrogens is 1. The van der Waals surface area contributed by atoms with Crippen molar-refractivity contribution >= 4 is 44.9 Å². The minimum atomic E-state index is 0.182. The van der Waals surface area contributed by atoms with E-state index in [4.69, 9.17) is 0 Å². The molecule has 0 atom stereocenters. The summed E-state index contributed by atoms with van der Waals surface area (Å²) < 4.78 is 2.43. The molecular formula is C45H42BN. The quantitative estimate of drug-likeness (QED) is 0.172. The molecule has 1 aliphatic rings. The van der Waals surface area contributed by atoms with Gasteiger partial charge in [-0.3, -0.25) is 0 Å². The maximum absolute atomic E-state index is 2.51. The van der Waals surface area contributed by atoms with Crippen LogP contribution in [0.5, 0.6) is 0 Å². The zero-order valence-corrected chi connectivity index (χ0v) is 28.8. The van der Waals surface area contributed by atoms with Crippen LogP contribution in [-0.4, -0.2) is 11.3 Å². The van der Waals surface area contributed by atoms with Crippen molar-refractivity contribution in [1.82, 2.24) is 4.57 Å². The van der Waals surface area contributed by atoms with Crippen molar-refractivity contribution in [3.8, 4) is 22.3 Å². The van der Waals surface area contributed by atoms with Crippen molar-refractivity contribution in [2.75, 3.05) is 0 Å². The molecule has 230 valence electrons. The molecule has 0 N–H and O–H groups in total. The van der Waals surface area contributed by atoms with Gasteiger partial charge in [-0.25, -0.2) is 0 Å². The van der Waals surface area contributed by atoms with Crippen LogP contribution in [0.25, 0.3) is 44.1 Å². The first-order valence-corrected chi connectivity index (χ1v) is 17.1. The van der Waals surface area contributed by atoms with Crippen LogP contribution in [0.2, 0.25) is 0 Å². The maximum atomic E-state index is 2.51. The second-order valence-corrected chi connectivity index (χ2v) is 14.0. The molecule has 6 aromatic carbocycles. The van der Waals surface area contributed by atoms with Gasteiger partial charge in [0.15, 0.2) is 0 Å². The van der Waals surface area contributed by atoms with E-state index in [1.807, 2.05) is 0 Å². The lowest BCUT2D eigenvalue weighted by Gasteiger charge is -2.25. The summed E-state index contributed by atoms with van der Waals surface area (Å²) in [4.78, 5) is 0. The largest absolute Gasteiger partial charge is 0.341 e. The number of rotatable bonds is 5. The molecule has 0 bridgehead atoms. The minimum absolute atomic E-state index is 0.182. The highest BCUT2D eigenvalue weighted by Gasteiger charge is 2.30. The second-order valence-electron chi connectivity index (χ2n) is 14.0. The first-order chi connectivity index (χ1) is 22.7. The Kier molecular flexibility index (Phi) is 7.03. The molecule has 0 amide bonds. The predicted molar refractivity (Wildman–Crippen MR) is 205 cm³/mol. The Bertz CT molecular complexity index is 2280. The molecule has 0 spiro atoms. The summed E-state index contributed by atoms with van der Waals surface area (Å²) in [5.41, 5.74) is 23.2. The van der Waals surface area contributed by atoms with Gasteiger partial charge in [-0.2, -0.15) is 0 Å². The van der Waals surface area contributed by atoms with E-state index in [2.05, 4.69) is 156 Å². The average molecular weight is 608 g/mol. The summed E-state index contributed by atoms with van der Waals surface area (Å²) in [5, 5.41) is 2.67. The molecule has 0 saturated carbocycles. The number of benzene rings is 6. The summed E-state index contributed by atoms with van der Waals surface area (Å²) in [6, 6.07) is 39.7. The number of aryl methyl sites for hydroxylation is 7. The molecule has 1 nitrogen and oxygen atoms in total. The molecule has 0 fully saturated rings. The summed E-state index contributed by atoms with van der Waals surface area (Å²) in [7, 11) is 0. The van der Waals surface area contributed by atoms with Crippen LogP contribution in [-0.2, 0) is 13.0 Å². The highest BCUT2D eigenvalue weighted by molar-refractivity contribution is 6.96. The van der Waals surface area contributed by atoms with E-state index in [1.165, 1.54) is 105 Å². The van der Waals surface area contributed by atoms with Gasteiger partial charge in [-0.1, -0.05) is 135 Å². The van der Waals surface area contributed by atoms with E-state index in [-0.39, 0.29) is 6.71 Å². The fraction of sp³-hybridized carbons (Fsp3) is 0.200. The Balaban J connectivity index is 1.24. The third-order valence-corrected chi connectivity index (χ3v) is 10.7. The van der Waals surface area contributed by atoms with E-state index in [9.17, 15) is 0 Å². The molecular weight excluding hydrogens is 565 g/mol. The molecule has 47 heavy (non-hydrogen) atoms. The van der Waals surface area contributed by atoms with Crippen LogP contribution in [0.15, 0.2) is 103 Å². The van der Waals surface area contributed by atoms with Crippen LogP contribution in [0.3, 0.4) is 0 Å². The van der Waals surface area contributed by atoms with Crippen molar-refractivity contribution in [3.05, 3.63) is 148 Å². The van der Waals surface area contributed by atoms with Gasteiger partial charge < -0.3 is 4.57 Å². The van der Waals surface area contributed by atoms with Crippen molar-refractivity contribution in [2.24, 2.45) is 0 Å². The van der Waals surface area contributed by atoms with E-state index in [0.29, 0.717) is 0 Å². The zero-order chi connectivity index (χ0) is 32.6. The van der Waals surface area contributed by atoms with Gasteiger partial charge in [0, 0.05) is 28.4 Å². The summed E-state index contributed by atoms with van der Waals surface area (Å²) >= 11 is 0. The lowest BCUT2D eigenvalue weighted by molar-refractivity contribution is 0.827. The topological polar surface area (TPSA) is 4.93 Å². The van der Waals surface area contributed by atoms with E-state index < -0.39 is 0 Å². The monoisotopic (exact) mass is 607 g/mol. The lowest BCUT2D eigenvalue weighted by Crippen LogP contribution is -2.55. The van der Waals surface area contributed by atoms with Crippen molar-refractivity contribution in [1.29, 1.82) is 0 Å². The number of nitrogens with zero attached hydrogens (tertiary/aromatic N) is 1. The minimum Gasteiger partial charge on any atom is -0.341 e. The van der Waals surface area contributed by atoms with Gasteiger partial charge in [-0.15, -0.1) is 0 Å². The molecule has 1 heterocycles. The van der Waals surface area contributed by atoms with E-state index >= 15 is 0 Å². The van der Waals surface area contributed by atoms with Crippen LogP contribution in [0, 0.1) is 41.5 Å². The number of hydrogen-bond donors (Lipinski definition) is 0. The lowest BCUT2D eigenvalue weighted by atomic mass is 9.34. The molecule has 8 rings (SSSR count). The van der Waals surface area contributed by atoms with Gasteiger partial charge in [-0.05, 0) is 106 Å². The molecule has 7 aromatic rings. The standard InChI is InChI=1S/C45H42BN/c1-8-47-42-12-10-9-11-39(42)41-25-34(15-18-43(41)47)33-14-17-38-36(23-33)24-35-13-16-37(26-40(35)38)46(44-29(4)19-27(2)20-30(44)5)45-31(6)21-28(3)22-32(45)7/h9-23,25-26H,8,24H2,1-7H3. The summed E-state index contributed by atoms with van der Waals surface area (Å²) in [5.74, 6) is 0. The van der Waals surface area contributed by atoms with Crippen molar-refractivity contribution in [2.45, 2.75) is 61.4 Å². The molecule has 0 unspecified atom stereocenters. The SMILES string of the molecule is CCn1c2ccccc2c2cc(-c3ccc4c(c3)Cc3ccc(B(c5c(C)cc(C)cc5C)c5c(C)cc(C)cc5C)cc3-4)ccc21. The van der Waals surface area contributed by atoms with Gasteiger partial charge in [0.05, 0.1) is 0 Å². The van der Waals surface area contributed by atoms with Crippen LogP contribution in [0.1, 0.15) is 51.4 Å². The van der Waals surface area contributed by atoms with Crippen LogP contribution in [0.4, 0.5) is 0 Å². The highest BCUT2D eigenvalue weighted by Crippen LogP contribution is 2.39. The first-order valence-electron chi connectivity index (χ1n) is 17.1. The summed E-state index contributed by atoms with van der Waals surface area (Å²) in [6.45, 7) is 17.0. The Hall–Kier alpha value is -4.82. The van der Waals surface area contributed by atoms with Gasteiger partial charge in [0.1, 0.15) is 0 Å². The molecule has 1 aliphatic carbocycles. The fourth-order valence-corrected chi connectivity index (χ4v) is 8.91. The van der Waals surface area contributed by atoms with Gasteiger partial charge in [0.2, 0.25) is 6.71 Å². The molecule has 1 aromatic heterocycles. The number of para-hydroxylation sites is 1. The first kappa shape index (κ1) is 29.6. The Morgan fingerprint density at radius 2 is 1.13 bits per heavy atom.